The maximum atomic E-state index is 13.3. The maximum Gasteiger partial charge on any atom is 0.262 e. The lowest BCUT2D eigenvalue weighted by atomic mass is 9.76. The fourth-order valence-corrected chi connectivity index (χ4v) is 5.90. The largest absolute Gasteiger partial charge is 0.489 e. The molecular formula is C21H25BrN2O6S. The molecule has 0 unspecified atom stereocenters. The molecule has 1 aliphatic rings. The SMILES string of the molecule is CC1(C)C[C@@H](O)CN(S(=O)(=O)c2ccc(OCc3ccc(Br)cc3)cc2)[C@H]1C(=O)NO. The monoisotopic (exact) mass is 512 g/mol. The van der Waals surface area contributed by atoms with Gasteiger partial charge in [-0.15, -0.1) is 0 Å². The number of rotatable bonds is 6. The zero-order valence-electron chi connectivity index (χ0n) is 17.2. The van der Waals surface area contributed by atoms with E-state index in [9.17, 15) is 18.3 Å². The molecule has 0 spiro atoms. The van der Waals surface area contributed by atoms with Gasteiger partial charge in [-0.2, -0.15) is 4.31 Å². The molecule has 0 aromatic heterocycles. The van der Waals surface area contributed by atoms with Gasteiger partial charge in [0.2, 0.25) is 10.0 Å². The van der Waals surface area contributed by atoms with Gasteiger partial charge in [0.1, 0.15) is 18.4 Å². The summed E-state index contributed by atoms with van der Waals surface area (Å²) in [4.78, 5) is 12.3. The molecule has 10 heteroatoms. The average Bonchev–Trinajstić information content (AvgIpc) is 2.72. The normalized spacial score (nSPS) is 21.5. The van der Waals surface area contributed by atoms with E-state index in [1.165, 1.54) is 12.1 Å². The number of hydroxylamine groups is 1. The number of nitrogens with zero attached hydrogens (tertiary/aromatic N) is 1. The van der Waals surface area contributed by atoms with Crippen LogP contribution in [-0.2, 0) is 21.4 Å². The van der Waals surface area contributed by atoms with Crippen LogP contribution in [0.4, 0.5) is 0 Å². The highest BCUT2D eigenvalue weighted by molar-refractivity contribution is 9.10. The number of hydrogen-bond acceptors (Lipinski definition) is 6. The lowest BCUT2D eigenvalue weighted by molar-refractivity contribution is -0.140. The van der Waals surface area contributed by atoms with Crippen LogP contribution in [0.25, 0.3) is 0 Å². The minimum atomic E-state index is -4.12. The van der Waals surface area contributed by atoms with Gasteiger partial charge in [0.25, 0.3) is 5.91 Å². The van der Waals surface area contributed by atoms with Crippen LogP contribution in [0.2, 0.25) is 0 Å². The van der Waals surface area contributed by atoms with Crippen LogP contribution in [0, 0.1) is 5.41 Å². The molecule has 0 bridgehead atoms. The van der Waals surface area contributed by atoms with Gasteiger partial charge >= 0.3 is 0 Å². The smallest absolute Gasteiger partial charge is 0.262 e. The predicted octanol–water partition coefficient (Wildman–Crippen LogP) is 2.68. The maximum absolute atomic E-state index is 13.3. The van der Waals surface area contributed by atoms with E-state index < -0.39 is 33.5 Å². The van der Waals surface area contributed by atoms with E-state index in [1.54, 1.807) is 31.5 Å². The van der Waals surface area contributed by atoms with Gasteiger partial charge in [-0.3, -0.25) is 10.0 Å². The summed E-state index contributed by atoms with van der Waals surface area (Å²) < 4.78 is 34.2. The van der Waals surface area contributed by atoms with Gasteiger partial charge in [-0.1, -0.05) is 41.9 Å². The van der Waals surface area contributed by atoms with Crippen molar-refractivity contribution in [2.45, 2.75) is 43.9 Å². The minimum Gasteiger partial charge on any atom is -0.489 e. The number of piperidine rings is 1. The first-order valence-electron chi connectivity index (χ1n) is 9.66. The van der Waals surface area contributed by atoms with Gasteiger partial charge < -0.3 is 9.84 Å². The van der Waals surface area contributed by atoms with Crippen molar-refractivity contribution in [1.29, 1.82) is 0 Å². The van der Waals surface area contributed by atoms with E-state index in [2.05, 4.69) is 15.9 Å². The first kappa shape index (κ1) is 23.7. The van der Waals surface area contributed by atoms with Crippen molar-refractivity contribution in [2.75, 3.05) is 6.54 Å². The second kappa shape index (κ2) is 9.25. The van der Waals surface area contributed by atoms with E-state index in [-0.39, 0.29) is 17.9 Å². The summed E-state index contributed by atoms with van der Waals surface area (Å²) in [6, 6.07) is 12.3. The van der Waals surface area contributed by atoms with Gasteiger partial charge in [-0.05, 0) is 53.8 Å². The van der Waals surface area contributed by atoms with Crippen LogP contribution < -0.4 is 10.2 Å². The highest BCUT2D eigenvalue weighted by Gasteiger charge is 2.50. The molecule has 2 atom stereocenters. The molecule has 168 valence electrons. The quantitative estimate of drug-likeness (QED) is 0.404. The summed E-state index contributed by atoms with van der Waals surface area (Å²) in [5.41, 5.74) is 1.63. The first-order valence-corrected chi connectivity index (χ1v) is 11.9. The molecule has 1 aliphatic heterocycles. The second-order valence-corrected chi connectivity index (χ2v) is 11.0. The molecular weight excluding hydrogens is 488 g/mol. The Bertz CT molecular complexity index is 1020. The Morgan fingerprint density at radius 3 is 2.39 bits per heavy atom. The zero-order valence-corrected chi connectivity index (χ0v) is 19.6. The van der Waals surface area contributed by atoms with E-state index in [4.69, 9.17) is 9.94 Å². The number of carbonyl (C=O) groups is 1. The Balaban J connectivity index is 1.81. The number of carbonyl (C=O) groups excluding carboxylic acids is 1. The van der Waals surface area contributed by atoms with Gasteiger partial charge in [0, 0.05) is 11.0 Å². The number of aliphatic hydroxyl groups is 1. The van der Waals surface area contributed by atoms with Crippen LogP contribution >= 0.6 is 15.9 Å². The van der Waals surface area contributed by atoms with Crippen molar-refractivity contribution in [3.05, 3.63) is 58.6 Å². The highest BCUT2D eigenvalue weighted by Crippen LogP contribution is 2.38. The summed E-state index contributed by atoms with van der Waals surface area (Å²) in [5.74, 6) is -0.347. The van der Waals surface area contributed by atoms with Crippen LogP contribution in [-0.4, -0.2) is 47.6 Å². The molecule has 3 rings (SSSR count). The van der Waals surface area contributed by atoms with Crippen molar-refractivity contribution < 1.29 is 28.3 Å². The molecule has 1 heterocycles. The van der Waals surface area contributed by atoms with Crippen molar-refractivity contribution in [1.82, 2.24) is 9.79 Å². The van der Waals surface area contributed by atoms with E-state index in [1.807, 2.05) is 24.3 Å². The number of benzene rings is 2. The first-order chi connectivity index (χ1) is 14.5. The Morgan fingerprint density at radius 1 is 1.19 bits per heavy atom. The van der Waals surface area contributed by atoms with Crippen LogP contribution in [0.3, 0.4) is 0 Å². The third-order valence-electron chi connectivity index (χ3n) is 5.29. The molecule has 0 radical (unpaired) electrons. The topological polar surface area (TPSA) is 116 Å². The van der Waals surface area contributed by atoms with Crippen molar-refractivity contribution in [3.63, 3.8) is 0 Å². The standard InChI is InChI=1S/C21H25BrN2O6S/c1-21(2)11-16(25)12-24(19(21)20(26)23-27)31(28,29)18-9-7-17(8-10-18)30-13-14-3-5-15(22)6-4-14/h3-10,16,19,25,27H,11-13H2,1-2H3,(H,23,26)/t16-,19+/m1/s1. The van der Waals surface area contributed by atoms with E-state index >= 15 is 0 Å². The summed E-state index contributed by atoms with van der Waals surface area (Å²) in [6.45, 7) is 3.43. The van der Waals surface area contributed by atoms with Gasteiger partial charge in [-0.25, -0.2) is 13.9 Å². The Morgan fingerprint density at radius 2 is 1.81 bits per heavy atom. The number of aliphatic hydroxyl groups excluding tert-OH is 1. The molecule has 31 heavy (non-hydrogen) atoms. The van der Waals surface area contributed by atoms with E-state index in [0.717, 1.165) is 14.3 Å². The summed E-state index contributed by atoms with van der Waals surface area (Å²) in [5, 5.41) is 19.4. The number of ether oxygens (including phenoxy) is 1. The molecule has 1 amide bonds. The van der Waals surface area contributed by atoms with E-state index in [0.29, 0.717) is 12.4 Å². The minimum absolute atomic E-state index is 0.0378. The number of β-amino-alcohol motifs (C(OH)–C–C–N with tert-alkyl or cyclic N) is 1. The summed E-state index contributed by atoms with van der Waals surface area (Å²) in [6.07, 6.45) is -0.707. The molecule has 2 aromatic rings. The molecule has 0 saturated carbocycles. The van der Waals surface area contributed by atoms with Gasteiger partial charge in [0.15, 0.2) is 0 Å². The summed E-state index contributed by atoms with van der Waals surface area (Å²) >= 11 is 3.37. The van der Waals surface area contributed by atoms with Crippen molar-refractivity contribution in [2.24, 2.45) is 5.41 Å². The number of nitrogens with one attached hydrogen (secondary N) is 1. The number of halogens is 1. The molecule has 8 nitrogen and oxygen atoms in total. The number of sulfonamides is 1. The average molecular weight is 513 g/mol. The fourth-order valence-electron chi connectivity index (χ4n) is 3.86. The van der Waals surface area contributed by atoms with Crippen LogP contribution in [0.1, 0.15) is 25.8 Å². The number of amides is 1. The number of hydrogen-bond donors (Lipinski definition) is 3. The van der Waals surface area contributed by atoms with Gasteiger partial charge in [0.05, 0.1) is 11.0 Å². The Kier molecular flexibility index (Phi) is 7.07. The Labute approximate surface area is 190 Å². The third kappa shape index (κ3) is 5.27. The lowest BCUT2D eigenvalue weighted by Crippen LogP contribution is -2.62. The molecule has 1 saturated heterocycles. The molecule has 0 aliphatic carbocycles. The fraction of sp³-hybridized carbons (Fsp3) is 0.381. The third-order valence-corrected chi connectivity index (χ3v) is 7.66. The second-order valence-electron chi connectivity index (χ2n) is 8.19. The van der Waals surface area contributed by atoms with Crippen LogP contribution in [0.5, 0.6) is 5.75 Å². The Hall–Kier alpha value is -1.98. The zero-order chi connectivity index (χ0) is 22.8. The van der Waals surface area contributed by atoms with Crippen molar-refractivity contribution in [3.8, 4) is 5.75 Å². The predicted molar refractivity (Wildman–Crippen MR) is 117 cm³/mol. The molecule has 1 fully saturated rings. The lowest BCUT2D eigenvalue weighted by Gasteiger charge is -2.45. The summed E-state index contributed by atoms with van der Waals surface area (Å²) in [7, 11) is -4.12. The van der Waals surface area contributed by atoms with Crippen LogP contribution in [0.15, 0.2) is 57.9 Å². The molecule has 2 aromatic carbocycles. The molecule has 3 N–H and O–H groups in total. The van der Waals surface area contributed by atoms with Crippen molar-refractivity contribution >= 4 is 31.9 Å². The highest BCUT2D eigenvalue weighted by atomic mass is 79.9.